The fourth-order valence-corrected chi connectivity index (χ4v) is 3.58. The summed E-state index contributed by atoms with van der Waals surface area (Å²) in [6.07, 6.45) is 3.16. The van der Waals surface area contributed by atoms with Crippen LogP contribution in [0.1, 0.15) is 0 Å². The minimum absolute atomic E-state index is 0.117. The maximum absolute atomic E-state index is 12.4. The van der Waals surface area contributed by atoms with E-state index in [2.05, 4.69) is 31.1 Å². The third-order valence-corrected chi connectivity index (χ3v) is 5.07. The highest BCUT2D eigenvalue weighted by molar-refractivity contribution is 9.10. The van der Waals surface area contributed by atoms with Crippen molar-refractivity contribution in [3.05, 3.63) is 51.2 Å². The second-order valence-corrected chi connectivity index (χ2v) is 7.00. The first-order chi connectivity index (χ1) is 11.6. The topological polar surface area (TPSA) is 48.5 Å². The average Bonchev–Trinajstić information content (AvgIpc) is 2.57. The molecule has 0 atom stereocenters. The summed E-state index contributed by atoms with van der Waals surface area (Å²) >= 11 is 15.8. The van der Waals surface area contributed by atoms with Crippen molar-refractivity contribution in [1.82, 2.24) is 9.88 Å². The van der Waals surface area contributed by atoms with Crippen molar-refractivity contribution in [2.75, 3.05) is 36.4 Å². The number of urea groups is 1. The number of aromatic nitrogens is 1. The van der Waals surface area contributed by atoms with E-state index in [4.69, 9.17) is 23.2 Å². The molecular formula is C16H15BrCl2N4O. The van der Waals surface area contributed by atoms with Crippen molar-refractivity contribution < 1.29 is 4.79 Å². The van der Waals surface area contributed by atoms with E-state index >= 15 is 0 Å². The number of nitrogens with one attached hydrogen (secondary N) is 1. The zero-order valence-corrected chi connectivity index (χ0v) is 15.8. The standard InChI is InChI=1S/C16H15BrCl2N4O/c17-11-3-1-2-4-14(11)21-16(24)23-7-5-22(6-8-23)15-12(18)9-20-10-13(15)19/h1-4,9-10H,5-8H2,(H,21,24). The van der Waals surface area contributed by atoms with Crippen LogP contribution in [-0.2, 0) is 0 Å². The molecule has 1 N–H and O–H groups in total. The Hall–Kier alpha value is -1.50. The summed E-state index contributed by atoms with van der Waals surface area (Å²) in [5.41, 5.74) is 1.53. The van der Waals surface area contributed by atoms with Crippen molar-refractivity contribution in [1.29, 1.82) is 0 Å². The molecule has 0 radical (unpaired) electrons. The Bertz CT molecular complexity index is 730. The summed E-state index contributed by atoms with van der Waals surface area (Å²) in [7, 11) is 0. The summed E-state index contributed by atoms with van der Waals surface area (Å²) in [5, 5.41) is 3.96. The number of hydrogen-bond donors (Lipinski definition) is 1. The summed E-state index contributed by atoms with van der Waals surface area (Å²) in [6, 6.07) is 7.41. The first-order valence-electron chi connectivity index (χ1n) is 7.40. The van der Waals surface area contributed by atoms with Gasteiger partial charge in [-0.3, -0.25) is 4.98 Å². The van der Waals surface area contributed by atoms with E-state index in [0.717, 1.165) is 15.8 Å². The third-order valence-electron chi connectivity index (χ3n) is 3.83. The number of pyridine rings is 1. The largest absolute Gasteiger partial charge is 0.365 e. The van der Waals surface area contributed by atoms with E-state index in [1.165, 1.54) is 0 Å². The van der Waals surface area contributed by atoms with Gasteiger partial charge < -0.3 is 15.1 Å². The molecule has 1 aliphatic heterocycles. The molecule has 0 unspecified atom stereocenters. The zero-order chi connectivity index (χ0) is 17.1. The monoisotopic (exact) mass is 428 g/mol. The highest BCUT2D eigenvalue weighted by atomic mass is 79.9. The van der Waals surface area contributed by atoms with Gasteiger partial charge in [-0.15, -0.1) is 0 Å². The van der Waals surface area contributed by atoms with Crippen LogP contribution in [0.25, 0.3) is 0 Å². The van der Waals surface area contributed by atoms with Crippen molar-refractivity contribution in [3.63, 3.8) is 0 Å². The van der Waals surface area contributed by atoms with Gasteiger partial charge in [-0.05, 0) is 28.1 Å². The number of hydrogen-bond acceptors (Lipinski definition) is 3. The van der Waals surface area contributed by atoms with Gasteiger partial charge in [0.15, 0.2) is 0 Å². The lowest BCUT2D eigenvalue weighted by Crippen LogP contribution is -2.50. The lowest BCUT2D eigenvalue weighted by molar-refractivity contribution is 0.208. The van der Waals surface area contributed by atoms with Crippen LogP contribution in [0.3, 0.4) is 0 Å². The Balaban J connectivity index is 1.63. The van der Waals surface area contributed by atoms with E-state index in [0.29, 0.717) is 36.2 Å². The fourth-order valence-electron chi connectivity index (χ4n) is 2.60. The molecule has 3 rings (SSSR count). The molecule has 0 bridgehead atoms. The van der Waals surface area contributed by atoms with Crippen LogP contribution < -0.4 is 10.2 Å². The molecular weight excluding hydrogens is 415 g/mol. The van der Waals surface area contributed by atoms with Crippen LogP contribution in [0, 0.1) is 0 Å². The molecule has 2 heterocycles. The van der Waals surface area contributed by atoms with Gasteiger partial charge in [0.1, 0.15) is 0 Å². The highest BCUT2D eigenvalue weighted by Gasteiger charge is 2.24. The molecule has 24 heavy (non-hydrogen) atoms. The molecule has 1 aliphatic rings. The minimum atomic E-state index is -0.117. The number of piperazine rings is 1. The Morgan fingerprint density at radius 1 is 1.08 bits per heavy atom. The smallest absolute Gasteiger partial charge is 0.321 e. The van der Waals surface area contributed by atoms with Crippen LogP contribution in [-0.4, -0.2) is 42.1 Å². The molecule has 2 aromatic rings. The van der Waals surface area contributed by atoms with Gasteiger partial charge in [-0.2, -0.15) is 0 Å². The van der Waals surface area contributed by atoms with Gasteiger partial charge in [-0.1, -0.05) is 35.3 Å². The van der Waals surface area contributed by atoms with Crippen LogP contribution in [0.2, 0.25) is 10.0 Å². The van der Waals surface area contributed by atoms with Crippen LogP contribution in [0.4, 0.5) is 16.2 Å². The molecule has 5 nitrogen and oxygen atoms in total. The lowest BCUT2D eigenvalue weighted by atomic mass is 10.2. The average molecular weight is 430 g/mol. The first kappa shape index (κ1) is 17.3. The number of amides is 2. The molecule has 1 aromatic heterocycles. The zero-order valence-electron chi connectivity index (χ0n) is 12.7. The number of para-hydroxylation sites is 1. The van der Waals surface area contributed by atoms with E-state index in [1.54, 1.807) is 17.3 Å². The first-order valence-corrected chi connectivity index (χ1v) is 8.95. The van der Waals surface area contributed by atoms with Gasteiger partial charge in [-0.25, -0.2) is 4.79 Å². The minimum Gasteiger partial charge on any atom is -0.365 e. The molecule has 126 valence electrons. The molecule has 1 aromatic carbocycles. The Kier molecular flexibility index (Phi) is 5.48. The second kappa shape index (κ2) is 7.59. The van der Waals surface area contributed by atoms with Gasteiger partial charge >= 0.3 is 6.03 Å². The molecule has 1 saturated heterocycles. The number of anilines is 2. The van der Waals surface area contributed by atoms with E-state index in [1.807, 2.05) is 24.3 Å². The summed E-state index contributed by atoms with van der Waals surface area (Å²) < 4.78 is 0.854. The molecule has 2 amide bonds. The normalized spacial score (nSPS) is 14.6. The van der Waals surface area contributed by atoms with Crippen molar-refractivity contribution in [2.24, 2.45) is 0 Å². The molecule has 0 aliphatic carbocycles. The van der Waals surface area contributed by atoms with Crippen molar-refractivity contribution in [2.45, 2.75) is 0 Å². The lowest BCUT2D eigenvalue weighted by Gasteiger charge is -2.36. The SMILES string of the molecule is O=C(Nc1ccccc1Br)N1CCN(c2c(Cl)cncc2Cl)CC1. The number of carbonyl (C=O) groups excluding carboxylic acids is 1. The predicted molar refractivity (Wildman–Crippen MR) is 101 cm³/mol. The van der Waals surface area contributed by atoms with Crippen LogP contribution in [0.5, 0.6) is 0 Å². The van der Waals surface area contributed by atoms with Crippen molar-refractivity contribution >= 4 is 56.5 Å². The Morgan fingerprint density at radius 3 is 2.33 bits per heavy atom. The molecule has 8 heteroatoms. The number of nitrogens with zero attached hydrogens (tertiary/aromatic N) is 3. The summed E-state index contributed by atoms with van der Waals surface area (Å²) in [5.74, 6) is 0. The Labute approximate surface area is 158 Å². The van der Waals surface area contributed by atoms with Gasteiger partial charge in [0, 0.05) is 43.0 Å². The van der Waals surface area contributed by atoms with E-state index in [-0.39, 0.29) is 6.03 Å². The summed E-state index contributed by atoms with van der Waals surface area (Å²) in [6.45, 7) is 2.50. The molecule has 0 saturated carbocycles. The third kappa shape index (κ3) is 3.77. The number of halogens is 3. The van der Waals surface area contributed by atoms with Gasteiger partial charge in [0.05, 0.1) is 21.4 Å². The summed E-state index contributed by atoms with van der Waals surface area (Å²) in [4.78, 5) is 20.2. The number of benzene rings is 1. The van der Waals surface area contributed by atoms with E-state index < -0.39 is 0 Å². The Morgan fingerprint density at radius 2 is 1.71 bits per heavy atom. The maximum Gasteiger partial charge on any atom is 0.321 e. The molecule has 1 fully saturated rings. The quantitative estimate of drug-likeness (QED) is 0.764. The van der Waals surface area contributed by atoms with Gasteiger partial charge in [0.2, 0.25) is 0 Å². The van der Waals surface area contributed by atoms with E-state index in [9.17, 15) is 4.79 Å². The molecule has 0 spiro atoms. The second-order valence-electron chi connectivity index (χ2n) is 5.34. The predicted octanol–water partition coefficient (Wildman–Crippen LogP) is 4.51. The number of rotatable bonds is 2. The van der Waals surface area contributed by atoms with Crippen molar-refractivity contribution in [3.8, 4) is 0 Å². The fraction of sp³-hybridized carbons (Fsp3) is 0.250. The highest BCUT2D eigenvalue weighted by Crippen LogP contribution is 2.33. The van der Waals surface area contributed by atoms with Crippen LogP contribution in [0.15, 0.2) is 41.1 Å². The van der Waals surface area contributed by atoms with Gasteiger partial charge in [0.25, 0.3) is 0 Å². The van der Waals surface area contributed by atoms with Crippen LogP contribution >= 0.6 is 39.1 Å². The number of carbonyl (C=O) groups is 1. The maximum atomic E-state index is 12.4.